The van der Waals surface area contributed by atoms with Gasteiger partial charge in [-0.3, -0.25) is 9.63 Å². The summed E-state index contributed by atoms with van der Waals surface area (Å²) >= 11 is 0. The summed E-state index contributed by atoms with van der Waals surface area (Å²) in [4.78, 5) is 16.8. The van der Waals surface area contributed by atoms with Gasteiger partial charge in [0.25, 0.3) is 0 Å². The summed E-state index contributed by atoms with van der Waals surface area (Å²) < 4.78 is 0. The van der Waals surface area contributed by atoms with Crippen LogP contribution in [-0.4, -0.2) is 23.1 Å². The number of hydroxylamine groups is 2. The van der Waals surface area contributed by atoms with Crippen molar-refractivity contribution < 1.29 is 9.63 Å². The Labute approximate surface area is 73.6 Å². The molecule has 0 spiro atoms. The molecule has 1 rings (SSSR count). The third-order valence-electron chi connectivity index (χ3n) is 1.84. The zero-order chi connectivity index (χ0) is 9.19. The lowest BCUT2D eigenvalue weighted by Crippen LogP contribution is -2.44. The smallest absolute Gasteiger partial charge is 0.246 e. The second-order valence-corrected chi connectivity index (χ2v) is 4.15. The summed E-state index contributed by atoms with van der Waals surface area (Å²) in [7, 11) is 0. The quantitative estimate of drug-likeness (QED) is 0.555. The number of nitrogens with zero attached hydrogens (tertiary/aromatic N) is 1. The molecule has 0 unspecified atom stereocenters. The highest BCUT2D eigenvalue weighted by atomic mass is 16.7. The molecule has 12 heavy (non-hydrogen) atoms. The van der Waals surface area contributed by atoms with Crippen LogP contribution < -0.4 is 0 Å². The van der Waals surface area contributed by atoms with Crippen molar-refractivity contribution in [2.45, 2.75) is 45.6 Å². The molecule has 0 radical (unpaired) electrons. The van der Waals surface area contributed by atoms with Crippen LogP contribution in [0.3, 0.4) is 0 Å². The van der Waals surface area contributed by atoms with Gasteiger partial charge in [-0.1, -0.05) is 0 Å². The van der Waals surface area contributed by atoms with Crippen LogP contribution in [0.5, 0.6) is 0 Å². The third kappa shape index (κ3) is 2.21. The zero-order valence-electron chi connectivity index (χ0n) is 8.09. The van der Waals surface area contributed by atoms with Crippen molar-refractivity contribution in [3.63, 3.8) is 0 Å². The summed E-state index contributed by atoms with van der Waals surface area (Å²) in [5.41, 5.74) is -0.207. The Hall–Kier alpha value is -0.570. The van der Waals surface area contributed by atoms with Gasteiger partial charge in [0, 0.05) is 6.42 Å². The molecule has 0 aliphatic carbocycles. The lowest BCUT2D eigenvalue weighted by Gasteiger charge is -2.32. The van der Waals surface area contributed by atoms with Crippen molar-refractivity contribution in [3.8, 4) is 0 Å². The predicted octanol–water partition coefficient (Wildman–Crippen LogP) is 1.73. The second-order valence-electron chi connectivity index (χ2n) is 4.15. The maximum atomic E-state index is 11.5. The molecular weight excluding hydrogens is 154 g/mol. The van der Waals surface area contributed by atoms with Gasteiger partial charge in [-0.15, -0.1) is 0 Å². The molecule has 0 N–H and O–H groups in total. The van der Waals surface area contributed by atoms with Crippen molar-refractivity contribution in [2.24, 2.45) is 0 Å². The van der Waals surface area contributed by atoms with Crippen LogP contribution in [0.2, 0.25) is 0 Å². The monoisotopic (exact) mass is 171 g/mol. The van der Waals surface area contributed by atoms with Crippen molar-refractivity contribution in [1.29, 1.82) is 0 Å². The van der Waals surface area contributed by atoms with Gasteiger partial charge < -0.3 is 0 Å². The highest BCUT2D eigenvalue weighted by molar-refractivity contribution is 5.75. The van der Waals surface area contributed by atoms with E-state index in [-0.39, 0.29) is 11.4 Å². The van der Waals surface area contributed by atoms with Crippen LogP contribution in [0.4, 0.5) is 0 Å². The summed E-state index contributed by atoms with van der Waals surface area (Å²) in [6.07, 6.45) is 2.56. The molecule has 0 aromatic rings. The first-order valence-electron chi connectivity index (χ1n) is 4.48. The molecule has 1 fully saturated rings. The van der Waals surface area contributed by atoms with Crippen LogP contribution >= 0.6 is 0 Å². The molecule has 1 saturated heterocycles. The van der Waals surface area contributed by atoms with Crippen molar-refractivity contribution in [2.75, 3.05) is 6.61 Å². The number of hydrogen-bond donors (Lipinski definition) is 0. The number of carbonyl (C=O) groups is 1. The maximum absolute atomic E-state index is 11.5. The number of amides is 1. The Morgan fingerprint density at radius 1 is 1.33 bits per heavy atom. The topological polar surface area (TPSA) is 29.5 Å². The van der Waals surface area contributed by atoms with Gasteiger partial charge >= 0.3 is 0 Å². The minimum absolute atomic E-state index is 0.111. The van der Waals surface area contributed by atoms with E-state index in [1.165, 1.54) is 5.06 Å². The van der Waals surface area contributed by atoms with Crippen molar-refractivity contribution in [1.82, 2.24) is 5.06 Å². The van der Waals surface area contributed by atoms with E-state index in [9.17, 15) is 4.79 Å². The predicted molar refractivity (Wildman–Crippen MR) is 46.4 cm³/mol. The Balaban J connectivity index is 2.66. The zero-order valence-corrected chi connectivity index (χ0v) is 8.09. The van der Waals surface area contributed by atoms with E-state index in [1.807, 2.05) is 20.8 Å². The summed E-state index contributed by atoms with van der Waals surface area (Å²) in [5, 5.41) is 1.51. The molecule has 0 bridgehead atoms. The van der Waals surface area contributed by atoms with E-state index < -0.39 is 0 Å². The van der Waals surface area contributed by atoms with Gasteiger partial charge in [0.05, 0.1) is 12.1 Å². The number of rotatable bonds is 0. The van der Waals surface area contributed by atoms with Gasteiger partial charge in [0.2, 0.25) is 5.91 Å². The molecule has 1 amide bonds. The fourth-order valence-corrected chi connectivity index (χ4v) is 1.28. The Bertz CT molecular complexity index is 172. The first-order chi connectivity index (χ1) is 5.52. The van der Waals surface area contributed by atoms with Crippen LogP contribution in [-0.2, 0) is 9.63 Å². The molecule has 70 valence electrons. The van der Waals surface area contributed by atoms with E-state index in [2.05, 4.69) is 0 Å². The summed E-state index contributed by atoms with van der Waals surface area (Å²) in [6.45, 7) is 6.62. The Morgan fingerprint density at radius 2 is 2.00 bits per heavy atom. The molecule has 0 aromatic carbocycles. The first-order valence-corrected chi connectivity index (χ1v) is 4.48. The van der Waals surface area contributed by atoms with Crippen LogP contribution in [0, 0.1) is 0 Å². The van der Waals surface area contributed by atoms with Gasteiger partial charge in [0.15, 0.2) is 0 Å². The Kier molecular flexibility index (Phi) is 2.73. The highest BCUT2D eigenvalue weighted by Crippen LogP contribution is 2.19. The van der Waals surface area contributed by atoms with Gasteiger partial charge in [-0.05, 0) is 33.6 Å². The normalized spacial score (nSPS) is 20.9. The fourth-order valence-electron chi connectivity index (χ4n) is 1.28. The molecule has 1 aliphatic rings. The van der Waals surface area contributed by atoms with E-state index in [4.69, 9.17) is 4.84 Å². The summed E-state index contributed by atoms with van der Waals surface area (Å²) in [5.74, 6) is 0.111. The minimum atomic E-state index is -0.207. The molecule has 3 heteroatoms. The van der Waals surface area contributed by atoms with Crippen LogP contribution in [0.25, 0.3) is 0 Å². The molecular formula is C9H17NO2. The second kappa shape index (κ2) is 3.44. The molecule has 0 atom stereocenters. The van der Waals surface area contributed by atoms with Crippen molar-refractivity contribution >= 4 is 5.91 Å². The fraction of sp³-hybridized carbons (Fsp3) is 0.889. The average molecular weight is 171 g/mol. The van der Waals surface area contributed by atoms with E-state index in [0.29, 0.717) is 13.0 Å². The van der Waals surface area contributed by atoms with Gasteiger partial charge in [-0.25, -0.2) is 5.06 Å². The summed E-state index contributed by atoms with van der Waals surface area (Å²) in [6, 6.07) is 0. The molecule has 1 aliphatic heterocycles. The Morgan fingerprint density at radius 3 is 2.58 bits per heavy atom. The lowest BCUT2D eigenvalue weighted by molar-refractivity contribution is -0.209. The largest absolute Gasteiger partial charge is 0.273 e. The molecule has 0 saturated carbocycles. The lowest BCUT2D eigenvalue weighted by atomic mass is 10.1. The van der Waals surface area contributed by atoms with E-state index in [0.717, 1.165) is 12.8 Å². The molecule has 0 aromatic heterocycles. The number of carbonyl (C=O) groups excluding carboxylic acids is 1. The maximum Gasteiger partial charge on any atom is 0.246 e. The molecule has 3 nitrogen and oxygen atoms in total. The van der Waals surface area contributed by atoms with Crippen molar-refractivity contribution in [3.05, 3.63) is 0 Å². The SMILES string of the molecule is CC(C)(C)N1OCCCCC1=O. The first kappa shape index (κ1) is 9.52. The van der Waals surface area contributed by atoms with Gasteiger partial charge in [0.1, 0.15) is 0 Å². The third-order valence-corrected chi connectivity index (χ3v) is 1.84. The molecule has 1 heterocycles. The standard InChI is InChI=1S/C9H17NO2/c1-9(2,3)10-8(11)6-4-5-7-12-10/h4-7H2,1-3H3. The van der Waals surface area contributed by atoms with Crippen LogP contribution in [0.1, 0.15) is 40.0 Å². The van der Waals surface area contributed by atoms with E-state index in [1.54, 1.807) is 0 Å². The average Bonchev–Trinajstić information content (AvgIpc) is 2.11. The van der Waals surface area contributed by atoms with E-state index >= 15 is 0 Å². The van der Waals surface area contributed by atoms with Crippen LogP contribution in [0.15, 0.2) is 0 Å². The number of hydrogen-bond acceptors (Lipinski definition) is 2. The minimum Gasteiger partial charge on any atom is -0.273 e. The van der Waals surface area contributed by atoms with Gasteiger partial charge in [-0.2, -0.15) is 0 Å². The highest BCUT2D eigenvalue weighted by Gasteiger charge is 2.28.